The number of aromatic nitrogens is 2. The third-order valence-electron chi connectivity index (χ3n) is 8.13. The normalized spacial score (nSPS) is 11.8. The summed E-state index contributed by atoms with van der Waals surface area (Å²) in [7, 11) is 0. The molecule has 7 aromatic rings. The summed E-state index contributed by atoms with van der Waals surface area (Å²) in [6, 6.07) is 44.3. The maximum atomic E-state index is 2.51. The SMILES string of the molecule is c1ccc(CCCn2c3ccccc3c3ccccc32)c(CCCn2c3ccccc3c3ccccc32)c1. The van der Waals surface area contributed by atoms with E-state index < -0.39 is 0 Å². The van der Waals surface area contributed by atoms with E-state index in [9.17, 15) is 0 Å². The van der Waals surface area contributed by atoms with Gasteiger partial charge in [0.05, 0.1) is 0 Å². The van der Waals surface area contributed by atoms with Gasteiger partial charge in [0.2, 0.25) is 0 Å². The van der Waals surface area contributed by atoms with E-state index in [0.29, 0.717) is 0 Å². The molecule has 0 atom stereocenters. The highest BCUT2D eigenvalue weighted by Gasteiger charge is 2.11. The zero-order valence-corrected chi connectivity index (χ0v) is 21.7. The molecule has 186 valence electrons. The average molecular weight is 493 g/mol. The Labute approximate surface area is 223 Å². The summed E-state index contributed by atoms with van der Waals surface area (Å²) in [6.45, 7) is 2.06. The van der Waals surface area contributed by atoms with Crippen molar-refractivity contribution in [1.82, 2.24) is 9.13 Å². The molecular formula is C36H32N2. The highest BCUT2D eigenvalue weighted by molar-refractivity contribution is 6.08. The van der Waals surface area contributed by atoms with Gasteiger partial charge in [-0.05, 0) is 61.1 Å². The molecule has 0 bridgehead atoms. The van der Waals surface area contributed by atoms with E-state index in [0.717, 1.165) is 38.8 Å². The first-order valence-corrected chi connectivity index (χ1v) is 13.9. The van der Waals surface area contributed by atoms with Crippen molar-refractivity contribution in [3.8, 4) is 0 Å². The summed E-state index contributed by atoms with van der Waals surface area (Å²) in [5.41, 5.74) is 8.36. The van der Waals surface area contributed by atoms with E-state index in [1.165, 1.54) is 54.7 Å². The Bertz CT molecular complexity index is 1640. The van der Waals surface area contributed by atoms with Crippen LogP contribution in [0.5, 0.6) is 0 Å². The topological polar surface area (TPSA) is 9.86 Å². The monoisotopic (exact) mass is 492 g/mol. The number of aryl methyl sites for hydroxylation is 4. The summed E-state index contributed by atoms with van der Waals surface area (Å²) in [4.78, 5) is 0. The van der Waals surface area contributed by atoms with Gasteiger partial charge in [-0.3, -0.25) is 0 Å². The first-order valence-electron chi connectivity index (χ1n) is 13.9. The fourth-order valence-corrected chi connectivity index (χ4v) is 6.39. The van der Waals surface area contributed by atoms with Gasteiger partial charge in [0, 0.05) is 56.7 Å². The van der Waals surface area contributed by atoms with Gasteiger partial charge in [-0.15, -0.1) is 0 Å². The van der Waals surface area contributed by atoms with Crippen LogP contribution in [0.25, 0.3) is 43.6 Å². The number of fused-ring (bicyclic) bond motifs is 6. The van der Waals surface area contributed by atoms with Crippen molar-refractivity contribution in [3.05, 3.63) is 132 Å². The summed E-state index contributed by atoms with van der Waals surface area (Å²) < 4.78 is 5.02. The summed E-state index contributed by atoms with van der Waals surface area (Å²) in [5.74, 6) is 0. The minimum absolute atomic E-state index is 1.03. The lowest BCUT2D eigenvalue weighted by atomic mass is 9.99. The van der Waals surface area contributed by atoms with Crippen molar-refractivity contribution >= 4 is 43.6 Å². The number of rotatable bonds is 8. The molecule has 0 aliphatic heterocycles. The standard InChI is InChI=1S/C36H32N2/c1-2-14-28(16-12-26-38-35-23-9-5-19-31(35)32-20-6-10-24-36(32)38)27(13-1)15-11-25-37-33-21-7-3-17-29(33)30-18-4-8-22-34(30)37/h1-10,13-14,17-24H,11-12,15-16,25-26H2. The maximum Gasteiger partial charge on any atom is 0.0491 e. The summed E-state index contributed by atoms with van der Waals surface area (Å²) >= 11 is 0. The molecule has 0 N–H and O–H groups in total. The minimum atomic E-state index is 1.03. The second kappa shape index (κ2) is 9.87. The van der Waals surface area contributed by atoms with Crippen LogP contribution in [0, 0.1) is 0 Å². The highest BCUT2D eigenvalue weighted by Crippen LogP contribution is 2.30. The molecular weight excluding hydrogens is 460 g/mol. The Kier molecular flexibility index (Phi) is 5.94. The summed E-state index contributed by atoms with van der Waals surface area (Å²) in [5, 5.41) is 5.42. The van der Waals surface area contributed by atoms with Crippen LogP contribution in [0.15, 0.2) is 121 Å². The average Bonchev–Trinajstić information content (AvgIpc) is 3.47. The third-order valence-corrected chi connectivity index (χ3v) is 8.13. The van der Waals surface area contributed by atoms with E-state index >= 15 is 0 Å². The molecule has 5 aromatic carbocycles. The van der Waals surface area contributed by atoms with Gasteiger partial charge in [0.15, 0.2) is 0 Å². The molecule has 2 nitrogen and oxygen atoms in total. The van der Waals surface area contributed by atoms with Gasteiger partial charge >= 0.3 is 0 Å². The van der Waals surface area contributed by atoms with E-state index in [1.807, 2.05) is 0 Å². The lowest BCUT2D eigenvalue weighted by Crippen LogP contribution is -2.03. The second-order valence-corrected chi connectivity index (χ2v) is 10.3. The van der Waals surface area contributed by atoms with Gasteiger partial charge in [0.1, 0.15) is 0 Å². The van der Waals surface area contributed by atoms with Crippen molar-refractivity contribution in [2.45, 2.75) is 38.8 Å². The van der Waals surface area contributed by atoms with Crippen LogP contribution in [-0.4, -0.2) is 9.13 Å². The fourth-order valence-electron chi connectivity index (χ4n) is 6.39. The first kappa shape index (κ1) is 22.9. The Balaban J connectivity index is 1.08. The molecule has 2 heterocycles. The molecule has 0 saturated carbocycles. The third kappa shape index (κ3) is 3.97. The lowest BCUT2D eigenvalue weighted by molar-refractivity contribution is 0.658. The number of hydrogen-bond donors (Lipinski definition) is 0. The Hall–Kier alpha value is -4.30. The largest absolute Gasteiger partial charge is 0.340 e. The predicted molar refractivity (Wildman–Crippen MR) is 162 cm³/mol. The van der Waals surface area contributed by atoms with Crippen LogP contribution in [0.3, 0.4) is 0 Å². The molecule has 2 heteroatoms. The molecule has 2 aromatic heterocycles. The molecule has 0 aliphatic rings. The number of hydrogen-bond acceptors (Lipinski definition) is 0. The molecule has 0 radical (unpaired) electrons. The van der Waals surface area contributed by atoms with Crippen LogP contribution >= 0.6 is 0 Å². The van der Waals surface area contributed by atoms with Crippen molar-refractivity contribution in [3.63, 3.8) is 0 Å². The van der Waals surface area contributed by atoms with Crippen molar-refractivity contribution < 1.29 is 0 Å². The molecule has 0 aliphatic carbocycles. The quantitative estimate of drug-likeness (QED) is 0.200. The maximum absolute atomic E-state index is 2.51. The molecule has 7 rings (SSSR count). The fraction of sp³-hybridized carbons (Fsp3) is 0.167. The van der Waals surface area contributed by atoms with E-state index in [1.54, 1.807) is 0 Å². The van der Waals surface area contributed by atoms with Crippen molar-refractivity contribution in [1.29, 1.82) is 0 Å². The van der Waals surface area contributed by atoms with E-state index in [-0.39, 0.29) is 0 Å². The smallest absolute Gasteiger partial charge is 0.0491 e. The second-order valence-electron chi connectivity index (χ2n) is 10.3. The van der Waals surface area contributed by atoms with Crippen molar-refractivity contribution in [2.24, 2.45) is 0 Å². The Morgan fingerprint density at radius 3 is 0.974 bits per heavy atom. The molecule has 0 amide bonds. The van der Waals surface area contributed by atoms with Gasteiger partial charge in [-0.1, -0.05) is 97.1 Å². The van der Waals surface area contributed by atoms with Crippen LogP contribution in [0.1, 0.15) is 24.0 Å². The molecule has 38 heavy (non-hydrogen) atoms. The Morgan fingerprint density at radius 1 is 0.342 bits per heavy atom. The summed E-state index contributed by atoms with van der Waals surface area (Å²) in [6.07, 6.45) is 4.47. The number of benzene rings is 5. The Morgan fingerprint density at radius 2 is 0.632 bits per heavy atom. The molecule has 0 saturated heterocycles. The van der Waals surface area contributed by atoms with E-state index in [4.69, 9.17) is 0 Å². The predicted octanol–water partition coefficient (Wildman–Crippen LogP) is 9.17. The highest BCUT2D eigenvalue weighted by atomic mass is 15.0. The molecule has 0 unspecified atom stereocenters. The van der Waals surface area contributed by atoms with Crippen molar-refractivity contribution in [2.75, 3.05) is 0 Å². The first-order chi connectivity index (χ1) is 18.9. The van der Waals surface area contributed by atoms with Gasteiger partial charge < -0.3 is 9.13 Å². The van der Waals surface area contributed by atoms with E-state index in [2.05, 4.69) is 130 Å². The zero-order valence-electron chi connectivity index (χ0n) is 21.7. The molecule has 0 fully saturated rings. The number of para-hydroxylation sites is 4. The number of nitrogens with zero attached hydrogens (tertiary/aromatic N) is 2. The zero-order chi connectivity index (χ0) is 25.3. The van der Waals surface area contributed by atoms with Gasteiger partial charge in [-0.2, -0.15) is 0 Å². The minimum Gasteiger partial charge on any atom is -0.340 e. The lowest BCUT2D eigenvalue weighted by Gasteiger charge is -2.12. The van der Waals surface area contributed by atoms with Crippen LogP contribution in [-0.2, 0) is 25.9 Å². The van der Waals surface area contributed by atoms with Gasteiger partial charge in [0.25, 0.3) is 0 Å². The van der Waals surface area contributed by atoms with Crippen LogP contribution in [0.2, 0.25) is 0 Å². The van der Waals surface area contributed by atoms with Gasteiger partial charge in [-0.25, -0.2) is 0 Å². The van der Waals surface area contributed by atoms with Crippen LogP contribution < -0.4 is 0 Å². The van der Waals surface area contributed by atoms with Crippen LogP contribution in [0.4, 0.5) is 0 Å². The molecule has 0 spiro atoms.